The van der Waals surface area contributed by atoms with Gasteiger partial charge in [0.1, 0.15) is 11.9 Å². The van der Waals surface area contributed by atoms with Crippen LogP contribution in [-0.4, -0.2) is 27.3 Å². The summed E-state index contributed by atoms with van der Waals surface area (Å²) in [5.74, 6) is -1.20. The fourth-order valence-corrected chi connectivity index (χ4v) is 1.13. The van der Waals surface area contributed by atoms with E-state index < -0.39 is 23.9 Å². The molecule has 1 aromatic heterocycles. The number of nitrogens with zero attached hydrogens (tertiary/aromatic N) is 2. The molecular weight excluding hydrogens is 251 g/mol. The van der Waals surface area contributed by atoms with E-state index in [0.29, 0.717) is 0 Å². The predicted molar refractivity (Wildman–Crippen MR) is 56.9 cm³/mol. The molecule has 0 amide bonds. The van der Waals surface area contributed by atoms with E-state index in [1.807, 2.05) is 0 Å². The van der Waals surface area contributed by atoms with Crippen LogP contribution in [-0.2, 0) is 11.0 Å². The maximum absolute atomic E-state index is 12.2. The van der Waals surface area contributed by atoms with Crippen LogP contribution < -0.4 is 5.32 Å². The molecule has 0 aliphatic heterocycles. The molecule has 1 rings (SSSR count). The number of halogens is 3. The molecule has 5 nitrogen and oxygen atoms in total. The first kappa shape index (κ1) is 13.9. The molecule has 0 spiro atoms. The zero-order valence-corrected chi connectivity index (χ0v) is 9.11. The van der Waals surface area contributed by atoms with Gasteiger partial charge in [0.25, 0.3) is 0 Å². The fraction of sp³-hybridized carbons (Fsp3) is 0.300. The number of hydrogen-bond acceptors (Lipinski definition) is 4. The van der Waals surface area contributed by atoms with Gasteiger partial charge in [-0.15, -0.1) is 16.8 Å². The Morgan fingerprint density at radius 1 is 1.50 bits per heavy atom. The molecule has 18 heavy (non-hydrogen) atoms. The van der Waals surface area contributed by atoms with E-state index in [1.54, 1.807) is 0 Å². The SMILES string of the molecule is C=CCC(Nc1ccc(C(F)(F)F)nn1)C(=O)O. The van der Waals surface area contributed by atoms with Gasteiger partial charge in [0.05, 0.1) is 0 Å². The normalized spacial score (nSPS) is 12.8. The average Bonchev–Trinajstić information content (AvgIpc) is 2.28. The standard InChI is InChI=1S/C10H10F3N3O2/c1-2-3-6(9(17)18)14-8-5-4-7(15-16-8)10(11,12)13/h2,4-6H,1,3H2,(H,14,16)(H,17,18). The molecule has 0 radical (unpaired) electrons. The Kier molecular flexibility index (Phi) is 4.24. The van der Waals surface area contributed by atoms with Gasteiger partial charge >= 0.3 is 12.1 Å². The smallest absolute Gasteiger partial charge is 0.435 e. The average molecular weight is 261 g/mol. The maximum Gasteiger partial charge on any atom is 0.435 e. The molecule has 1 aromatic rings. The minimum atomic E-state index is -4.57. The molecular formula is C10H10F3N3O2. The molecule has 0 aliphatic rings. The predicted octanol–water partition coefficient (Wildman–Crippen LogP) is 1.94. The van der Waals surface area contributed by atoms with Gasteiger partial charge in [-0.25, -0.2) is 4.79 Å². The number of aliphatic carboxylic acids is 1. The molecule has 0 aliphatic carbocycles. The van der Waals surface area contributed by atoms with Gasteiger partial charge in [-0.1, -0.05) is 6.08 Å². The molecule has 1 unspecified atom stereocenters. The zero-order chi connectivity index (χ0) is 13.8. The summed E-state index contributed by atoms with van der Waals surface area (Å²) in [7, 11) is 0. The number of carboxylic acid groups (broad SMARTS) is 1. The lowest BCUT2D eigenvalue weighted by molar-refractivity contribution is -0.142. The number of carbonyl (C=O) groups is 1. The minimum absolute atomic E-state index is 0.0442. The number of carboxylic acids is 1. The van der Waals surface area contributed by atoms with Crippen LogP contribution in [0.25, 0.3) is 0 Å². The molecule has 0 aromatic carbocycles. The van der Waals surface area contributed by atoms with Crippen LogP contribution in [0.5, 0.6) is 0 Å². The van der Waals surface area contributed by atoms with Crippen molar-refractivity contribution in [3.8, 4) is 0 Å². The third-order valence-electron chi connectivity index (χ3n) is 1.98. The second-order valence-electron chi connectivity index (χ2n) is 3.36. The Bertz CT molecular complexity index is 431. The number of aromatic nitrogens is 2. The van der Waals surface area contributed by atoms with Crippen molar-refractivity contribution in [2.45, 2.75) is 18.6 Å². The highest BCUT2D eigenvalue weighted by Gasteiger charge is 2.33. The highest BCUT2D eigenvalue weighted by molar-refractivity contribution is 5.77. The number of hydrogen-bond donors (Lipinski definition) is 2. The summed E-state index contributed by atoms with van der Waals surface area (Å²) in [5.41, 5.74) is -1.14. The number of nitrogens with one attached hydrogen (secondary N) is 1. The van der Waals surface area contributed by atoms with Crippen LogP contribution in [0.15, 0.2) is 24.8 Å². The lowest BCUT2D eigenvalue weighted by Gasteiger charge is -2.13. The topological polar surface area (TPSA) is 75.1 Å². The Balaban J connectivity index is 2.79. The largest absolute Gasteiger partial charge is 0.480 e. The molecule has 2 N–H and O–H groups in total. The Morgan fingerprint density at radius 3 is 2.56 bits per heavy atom. The minimum Gasteiger partial charge on any atom is -0.480 e. The van der Waals surface area contributed by atoms with Crippen LogP contribution in [0.3, 0.4) is 0 Å². The Labute approximate surface area is 100 Å². The number of anilines is 1. The Morgan fingerprint density at radius 2 is 2.17 bits per heavy atom. The van der Waals surface area contributed by atoms with E-state index in [-0.39, 0.29) is 12.2 Å². The van der Waals surface area contributed by atoms with Crippen molar-refractivity contribution >= 4 is 11.8 Å². The van der Waals surface area contributed by atoms with Crippen LogP contribution in [0.4, 0.5) is 19.0 Å². The molecule has 0 saturated heterocycles. The summed E-state index contributed by atoms with van der Waals surface area (Å²) in [5, 5.41) is 17.5. The lowest BCUT2D eigenvalue weighted by Crippen LogP contribution is -2.29. The first-order chi connectivity index (χ1) is 8.34. The van der Waals surface area contributed by atoms with Gasteiger partial charge in [0.2, 0.25) is 0 Å². The van der Waals surface area contributed by atoms with Crippen molar-refractivity contribution < 1.29 is 23.1 Å². The van der Waals surface area contributed by atoms with Crippen molar-refractivity contribution in [3.63, 3.8) is 0 Å². The van der Waals surface area contributed by atoms with Crippen molar-refractivity contribution in [1.82, 2.24) is 10.2 Å². The molecule has 0 fully saturated rings. The number of rotatable bonds is 5. The quantitative estimate of drug-likeness (QED) is 0.792. The van der Waals surface area contributed by atoms with Gasteiger partial charge in [-0.05, 0) is 18.6 Å². The molecule has 0 saturated carbocycles. The zero-order valence-electron chi connectivity index (χ0n) is 9.11. The van der Waals surface area contributed by atoms with Gasteiger partial charge in [0, 0.05) is 0 Å². The lowest BCUT2D eigenvalue weighted by atomic mass is 10.2. The number of alkyl halides is 3. The summed E-state index contributed by atoms with van der Waals surface area (Å²) in [6.07, 6.45) is -3.08. The summed E-state index contributed by atoms with van der Waals surface area (Å²) in [4.78, 5) is 10.8. The van der Waals surface area contributed by atoms with Gasteiger partial charge in [-0.2, -0.15) is 13.2 Å². The van der Waals surface area contributed by atoms with Crippen molar-refractivity contribution in [1.29, 1.82) is 0 Å². The summed E-state index contributed by atoms with van der Waals surface area (Å²) < 4.78 is 36.6. The van der Waals surface area contributed by atoms with E-state index in [0.717, 1.165) is 12.1 Å². The summed E-state index contributed by atoms with van der Waals surface area (Å²) >= 11 is 0. The van der Waals surface area contributed by atoms with Crippen LogP contribution in [0.1, 0.15) is 12.1 Å². The van der Waals surface area contributed by atoms with E-state index in [1.165, 1.54) is 6.08 Å². The van der Waals surface area contributed by atoms with Gasteiger partial charge < -0.3 is 10.4 Å². The van der Waals surface area contributed by atoms with Crippen molar-refractivity contribution in [2.75, 3.05) is 5.32 Å². The van der Waals surface area contributed by atoms with E-state index in [9.17, 15) is 18.0 Å². The van der Waals surface area contributed by atoms with E-state index in [4.69, 9.17) is 5.11 Å². The highest BCUT2D eigenvalue weighted by atomic mass is 19.4. The van der Waals surface area contributed by atoms with Gasteiger partial charge in [0.15, 0.2) is 5.69 Å². The van der Waals surface area contributed by atoms with Crippen molar-refractivity contribution in [3.05, 3.63) is 30.5 Å². The fourth-order valence-electron chi connectivity index (χ4n) is 1.13. The third-order valence-corrected chi connectivity index (χ3v) is 1.98. The molecule has 1 atom stereocenters. The first-order valence-electron chi connectivity index (χ1n) is 4.85. The van der Waals surface area contributed by atoms with Crippen LogP contribution >= 0.6 is 0 Å². The van der Waals surface area contributed by atoms with Crippen LogP contribution in [0, 0.1) is 0 Å². The summed E-state index contributed by atoms with van der Waals surface area (Å²) in [6, 6.07) is 0.741. The molecule has 8 heteroatoms. The summed E-state index contributed by atoms with van der Waals surface area (Å²) in [6.45, 7) is 3.38. The Hall–Kier alpha value is -2.12. The van der Waals surface area contributed by atoms with E-state index in [2.05, 4.69) is 22.1 Å². The second kappa shape index (κ2) is 5.48. The maximum atomic E-state index is 12.2. The molecule has 1 heterocycles. The van der Waals surface area contributed by atoms with E-state index >= 15 is 0 Å². The monoisotopic (exact) mass is 261 g/mol. The van der Waals surface area contributed by atoms with Gasteiger partial charge in [-0.3, -0.25) is 0 Å². The highest BCUT2D eigenvalue weighted by Crippen LogP contribution is 2.27. The third kappa shape index (κ3) is 3.72. The second-order valence-corrected chi connectivity index (χ2v) is 3.36. The molecule has 0 bridgehead atoms. The van der Waals surface area contributed by atoms with Crippen molar-refractivity contribution in [2.24, 2.45) is 0 Å². The van der Waals surface area contributed by atoms with Crippen LogP contribution in [0.2, 0.25) is 0 Å². The molecule has 98 valence electrons. The first-order valence-corrected chi connectivity index (χ1v) is 4.85.